The predicted molar refractivity (Wildman–Crippen MR) is 142 cm³/mol. The van der Waals surface area contributed by atoms with E-state index in [9.17, 15) is 41.3 Å². The van der Waals surface area contributed by atoms with Crippen molar-refractivity contribution in [3.05, 3.63) is 21.7 Å². The lowest BCUT2D eigenvalue weighted by atomic mass is 10.1. The number of carbonyl (C=O) groups excluding carboxylic acids is 3. The van der Waals surface area contributed by atoms with Gasteiger partial charge in [0.1, 0.15) is 21.1 Å². The third kappa shape index (κ3) is 9.30. The normalized spacial score (nSPS) is 17.2. The number of carbonyl (C=O) groups is 3. The largest absolute Gasteiger partial charge is 0.463 e. The number of hydrogen-bond donors (Lipinski definition) is 2. The molecule has 0 fully saturated rings. The summed E-state index contributed by atoms with van der Waals surface area (Å²) in [5, 5.41) is 16.9. The van der Waals surface area contributed by atoms with Crippen LogP contribution >= 0.6 is 11.3 Å². The Bertz CT molecular complexity index is 1330. The zero-order chi connectivity index (χ0) is 31.0. The van der Waals surface area contributed by atoms with Crippen molar-refractivity contribution in [2.45, 2.75) is 53.6 Å². The van der Waals surface area contributed by atoms with Crippen LogP contribution in [0.25, 0.3) is 0 Å². The Morgan fingerprint density at radius 1 is 1.32 bits per heavy atom. The van der Waals surface area contributed by atoms with Crippen molar-refractivity contribution >= 4 is 49.2 Å². The van der Waals surface area contributed by atoms with Gasteiger partial charge < -0.3 is 24.5 Å². The number of ether oxygens (including phenoxy) is 2. The number of esters is 1. The maximum atomic E-state index is 13.7. The van der Waals surface area contributed by atoms with Crippen molar-refractivity contribution in [2.75, 3.05) is 46.6 Å². The van der Waals surface area contributed by atoms with Gasteiger partial charge in [0.15, 0.2) is 0 Å². The van der Waals surface area contributed by atoms with Crippen molar-refractivity contribution < 1.29 is 50.6 Å². The lowest BCUT2D eigenvalue weighted by molar-refractivity contribution is -0.757. The van der Waals surface area contributed by atoms with Crippen LogP contribution in [0.3, 0.4) is 0 Å². The number of nitrogens with one attached hydrogen (secondary N) is 1. The van der Waals surface area contributed by atoms with E-state index >= 15 is 0 Å². The van der Waals surface area contributed by atoms with E-state index in [2.05, 4.69) is 10.2 Å². The van der Waals surface area contributed by atoms with Gasteiger partial charge in [-0.15, -0.1) is 21.5 Å². The molecule has 232 valence electrons. The molecule has 2 amide bonds. The van der Waals surface area contributed by atoms with E-state index < -0.39 is 65.8 Å². The van der Waals surface area contributed by atoms with Crippen LogP contribution in [-0.4, -0.2) is 102 Å². The van der Waals surface area contributed by atoms with Gasteiger partial charge in [-0.05, 0) is 25.8 Å². The fraction of sp³-hybridized carbons (Fsp3) is 0.667. The molecule has 0 saturated carbocycles. The molecule has 2 heterocycles. The second-order valence-electron chi connectivity index (χ2n) is 8.80. The van der Waals surface area contributed by atoms with Crippen molar-refractivity contribution in [1.29, 1.82) is 0 Å². The lowest BCUT2D eigenvalue weighted by Crippen LogP contribution is -2.54. The molecule has 1 aromatic heterocycles. The first-order valence-corrected chi connectivity index (χ1v) is 16.1. The molecule has 3 N–H and O–H groups in total. The van der Waals surface area contributed by atoms with Gasteiger partial charge in [-0.2, -0.15) is 4.31 Å². The monoisotopic (exact) mass is 643 g/mol. The number of fused-ring (bicyclic) bond motifs is 1. The molecular formula is C21H33N5O12S3. The SMILES string of the molecule is CCN(C(=O)C(COC(=O)CCCO[N+](=O)[O-])NC(C)=O)[C@H]1CN(CCCOC)S(=O)(=O)c2sc(S(N)(=O)=O)cc21. The molecule has 1 unspecified atom stereocenters. The zero-order valence-corrected chi connectivity index (χ0v) is 25.1. The van der Waals surface area contributed by atoms with Crippen LogP contribution in [0.1, 0.15) is 44.7 Å². The summed E-state index contributed by atoms with van der Waals surface area (Å²) >= 11 is 0.477. The molecule has 17 nitrogen and oxygen atoms in total. The van der Waals surface area contributed by atoms with Gasteiger partial charge in [-0.1, -0.05) is 0 Å². The Hall–Kier alpha value is -2.91. The maximum absolute atomic E-state index is 13.7. The smallest absolute Gasteiger partial charge is 0.305 e. The van der Waals surface area contributed by atoms with Crippen LogP contribution in [0.15, 0.2) is 14.5 Å². The summed E-state index contributed by atoms with van der Waals surface area (Å²) in [7, 11) is -6.95. The molecule has 1 aromatic rings. The Kier molecular flexibility index (Phi) is 12.4. The number of nitrogens with zero attached hydrogens (tertiary/aromatic N) is 3. The van der Waals surface area contributed by atoms with Crippen LogP contribution in [0, 0.1) is 10.1 Å². The standard InChI is InChI=1S/C21H33N5O12S3/c1-4-25(20(29)16(23-14(2)27)13-37-18(28)7-5-10-38-26(30)31)17-12-24(8-6-9-36-3)41(34,35)21-15(17)11-19(39-21)40(22,32)33/h11,16-17H,4-10,12-13H2,1-3H3,(H,23,27)(H2,22,32,33)/t16?,17-/m0/s1. The van der Waals surface area contributed by atoms with Crippen molar-refractivity contribution in [2.24, 2.45) is 5.14 Å². The molecule has 1 aliphatic heterocycles. The molecule has 0 aromatic carbocycles. The Morgan fingerprint density at radius 2 is 2.00 bits per heavy atom. The molecule has 0 aliphatic carbocycles. The molecule has 0 radical (unpaired) electrons. The first kappa shape index (κ1) is 34.3. The second kappa shape index (κ2) is 14.8. The summed E-state index contributed by atoms with van der Waals surface area (Å²) < 4.78 is 61.5. The van der Waals surface area contributed by atoms with E-state index in [1.54, 1.807) is 6.92 Å². The maximum Gasteiger partial charge on any atom is 0.305 e. The third-order valence-corrected chi connectivity index (χ3v) is 10.8. The lowest BCUT2D eigenvalue weighted by Gasteiger charge is -2.39. The van der Waals surface area contributed by atoms with Crippen LogP contribution in [-0.2, 0) is 48.7 Å². The highest BCUT2D eigenvalue weighted by atomic mass is 32.3. The predicted octanol–water partition coefficient (Wildman–Crippen LogP) is -0.638. The molecule has 20 heteroatoms. The van der Waals surface area contributed by atoms with Gasteiger partial charge in [0.25, 0.3) is 15.1 Å². The number of nitrogens with two attached hydrogens (primary N) is 1. The summed E-state index contributed by atoms with van der Waals surface area (Å²) in [6, 6.07) is -1.21. The molecular weight excluding hydrogens is 610 g/mol. The van der Waals surface area contributed by atoms with E-state index in [-0.39, 0.29) is 55.5 Å². The Balaban J connectivity index is 2.38. The molecule has 2 rings (SSSR count). The van der Waals surface area contributed by atoms with E-state index in [4.69, 9.17) is 14.6 Å². The average molecular weight is 644 g/mol. The van der Waals surface area contributed by atoms with E-state index in [0.717, 1.165) is 17.3 Å². The highest BCUT2D eigenvalue weighted by Crippen LogP contribution is 2.42. The summed E-state index contributed by atoms with van der Waals surface area (Å²) in [5.74, 6) is -2.13. The zero-order valence-electron chi connectivity index (χ0n) is 22.6. The van der Waals surface area contributed by atoms with Gasteiger partial charge >= 0.3 is 5.97 Å². The number of thiophene rings is 1. The summed E-state index contributed by atoms with van der Waals surface area (Å²) in [5.41, 5.74) is 0.0570. The molecule has 41 heavy (non-hydrogen) atoms. The molecule has 1 aliphatic rings. The molecule has 2 atom stereocenters. The van der Waals surface area contributed by atoms with Crippen LogP contribution in [0.4, 0.5) is 0 Å². The Morgan fingerprint density at radius 3 is 2.56 bits per heavy atom. The van der Waals surface area contributed by atoms with Crippen LogP contribution in [0.5, 0.6) is 0 Å². The number of rotatable bonds is 16. The number of sulfonamides is 2. The van der Waals surface area contributed by atoms with Crippen molar-refractivity contribution in [1.82, 2.24) is 14.5 Å². The van der Waals surface area contributed by atoms with Crippen molar-refractivity contribution in [3.63, 3.8) is 0 Å². The van der Waals surface area contributed by atoms with Crippen LogP contribution < -0.4 is 10.5 Å². The summed E-state index contributed by atoms with van der Waals surface area (Å²) in [6.45, 7) is 1.90. The van der Waals surface area contributed by atoms with E-state index in [1.807, 2.05) is 0 Å². The van der Waals surface area contributed by atoms with E-state index in [1.165, 1.54) is 12.0 Å². The van der Waals surface area contributed by atoms with Gasteiger partial charge in [-0.25, -0.2) is 22.0 Å². The van der Waals surface area contributed by atoms with E-state index in [0.29, 0.717) is 17.8 Å². The van der Waals surface area contributed by atoms with Gasteiger partial charge in [0, 0.05) is 52.3 Å². The van der Waals surface area contributed by atoms with Gasteiger partial charge in [-0.3, -0.25) is 14.4 Å². The quantitative estimate of drug-likeness (QED) is 0.0991. The number of methoxy groups -OCH3 is 1. The topological polar surface area (TPSA) is 235 Å². The fourth-order valence-electron chi connectivity index (χ4n) is 4.06. The van der Waals surface area contributed by atoms with Crippen molar-refractivity contribution in [3.8, 4) is 0 Å². The van der Waals surface area contributed by atoms with Crippen LogP contribution in [0.2, 0.25) is 0 Å². The second-order valence-corrected chi connectivity index (χ2v) is 13.8. The average Bonchev–Trinajstić information content (AvgIpc) is 3.34. The first-order valence-electron chi connectivity index (χ1n) is 12.3. The minimum absolute atomic E-state index is 0.0116. The molecule has 0 spiro atoms. The highest BCUT2D eigenvalue weighted by Gasteiger charge is 2.44. The third-order valence-electron chi connectivity index (χ3n) is 5.86. The first-order chi connectivity index (χ1) is 19.1. The Labute approximate surface area is 241 Å². The molecule has 0 bridgehead atoms. The number of likely N-dealkylation sites (N-methyl/N-ethyl adjacent to an activating group) is 1. The minimum atomic E-state index is -4.28. The number of hydrogen-bond acceptors (Lipinski definition) is 13. The fourth-order valence-corrected chi connectivity index (χ4v) is 8.35. The van der Waals surface area contributed by atoms with Gasteiger partial charge in [0.05, 0.1) is 12.6 Å². The summed E-state index contributed by atoms with van der Waals surface area (Å²) in [4.78, 5) is 53.3. The number of amides is 2. The molecule has 0 saturated heterocycles. The minimum Gasteiger partial charge on any atom is -0.463 e. The highest BCUT2D eigenvalue weighted by molar-refractivity contribution is 7.94. The van der Waals surface area contributed by atoms with Gasteiger partial charge in [0.2, 0.25) is 21.8 Å². The number of primary sulfonamides is 1. The summed E-state index contributed by atoms with van der Waals surface area (Å²) in [6.07, 6.45) is 0.0443.